The smallest absolute Gasteiger partial charge is 0.203 e. The molecule has 0 aliphatic rings. The van der Waals surface area contributed by atoms with Crippen molar-refractivity contribution in [2.45, 2.75) is 13.1 Å². The Balaban J connectivity index is 1.98. The topological polar surface area (TPSA) is 67.4 Å². The normalized spacial score (nSPS) is 11.0. The first kappa shape index (κ1) is 21.2. The van der Waals surface area contributed by atoms with Crippen LogP contribution in [0.25, 0.3) is 0 Å². The van der Waals surface area contributed by atoms with Crippen LogP contribution in [0.5, 0.6) is 17.2 Å². The van der Waals surface area contributed by atoms with Crippen LogP contribution < -0.4 is 29.7 Å². The van der Waals surface area contributed by atoms with Gasteiger partial charge in [0.2, 0.25) is 5.75 Å². The molecule has 0 unspecified atom stereocenters. The maximum absolute atomic E-state index is 5.40. The first-order valence-corrected chi connectivity index (χ1v) is 9.02. The number of methoxy groups -OCH3 is 3. The van der Waals surface area contributed by atoms with Crippen molar-refractivity contribution in [3.05, 3.63) is 47.5 Å². The zero-order valence-corrected chi connectivity index (χ0v) is 17.5. The van der Waals surface area contributed by atoms with Crippen molar-refractivity contribution in [1.29, 1.82) is 0 Å². The van der Waals surface area contributed by atoms with E-state index >= 15 is 0 Å². The third kappa shape index (κ3) is 5.45. The predicted molar refractivity (Wildman–Crippen MR) is 114 cm³/mol. The van der Waals surface area contributed by atoms with Crippen LogP contribution in [-0.2, 0) is 13.1 Å². The number of guanidine groups is 1. The summed E-state index contributed by atoms with van der Waals surface area (Å²) in [5.41, 5.74) is 3.35. The van der Waals surface area contributed by atoms with Crippen LogP contribution in [0, 0.1) is 0 Å². The SMILES string of the molecule is CN=C(NCc1ccc(N(C)C)cc1)NCc1cc(OC)c(OC)c(OC)c1. The van der Waals surface area contributed by atoms with E-state index in [1.807, 2.05) is 26.2 Å². The number of rotatable bonds is 8. The van der Waals surface area contributed by atoms with Crippen LogP contribution in [0.2, 0.25) is 0 Å². The summed E-state index contributed by atoms with van der Waals surface area (Å²) in [6, 6.07) is 12.2. The third-order valence-corrected chi connectivity index (χ3v) is 4.32. The van der Waals surface area contributed by atoms with Gasteiger partial charge in [-0.3, -0.25) is 4.99 Å². The van der Waals surface area contributed by atoms with Gasteiger partial charge >= 0.3 is 0 Å². The van der Waals surface area contributed by atoms with E-state index in [1.54, 1.807) is 28.4 Å². The van der Waals surface area contributed by atoms with Crippen molar-refractivity contribution in [2.24, 2.45) is 4.99 Å². The number of nitrogens with zero attached hydrogens (tertiary/aromatic N) is 2. The number of benzene rings is 2. The highest BCUT2D eigenvalue weighted by Crippen LogP contribution is 2.38. The van der Waals surface area contributed by atoms with Crippen molar-refractivity contribution in [3.8, 4) is 17.2 Å². The van der Waals surface area contributed by atoms with Crippen molar-refractivity contribution in [2.75, 3.05) is 47.4 Å². The zero-order valence-electron chi connectivity index (χ0n) is 17.5. The molecule has 0 aliphatic carbocycles. The minimum absolute atomic E-state index is 0.565. The molecule has 2 aromatic carbocycles. The molecule has 0 heterocycles. The molecule has 0 bridgehead atoms. The van der Waals surface area contributed by atoms with Gasteiger partial charge in [-0.25, -0.2) is 0 Å². The highest BCUT2D eigenvalue weighted by Gasteiger charge is 2.13. The summed E-state index contributed by atoms with van der Waals surface area (Å²) in [6.45, 7) is 1.25. The first-order chi connectivity index (χ1) is 13.5. The van der Waals surface area contributed by atoms with Gasteiger partial charge in [-0.1, -0.05) is 12.1 Å². The first-order valence-electron chi connectivity index (χ1n) is 9.02. The van der Waals surface area contributed by atoms with E-state index in [1.165, 1.54) is 11.3 Å². The van der Waals surface area contributed by atoms with E-state index in [0.717, 1.165) is 5.56 Å². The lowest BCUT2D eigenvalue weighted by molar-refractivity contribution is 0.323. The minimum Gasteiger partial charge on any atom is -0.493 e. The summed E-state index contributed by atoms with van der Waals surface area (Å²) < 4.78 is 16.2. The van der Waals surface area contributed by atoms with E-state index in [4.69, 9.17) is 14.2 Å². The molecule has 152 valence electrons. The van der Waals surface area contributed by atoms with Crippen molar-refractivity contribution in [3.63, 3.8) is 0 Å². The summed E-state index contributed by atoms with van der Waals surface area (Å²) >= 11 is 0. The fraction of sp³-hybridized carbons (Fsp3) is 0.381. The number of ether oxygens (including phenoxy) is 3. The average Bonchev–Trinajstić information content (AvgIpc) is 2.73. The Morgan fingerprint density at radius 2 is 1.39 bits per heavy atom. The van der Waals surface area contributed by atoms with Gasteiger partial charge in [0.1, 0.15) is 0 Å². The summed E-state index contributed by atoms with van der Waals surface area (Å²) in [4.78, 5) is 6.36. The van der Waals surface area contributed by atoms with Gasteiger partial charge in [-0.15, -0.1) is 0 Å². The van der Waals surface area contributed by atoms with Crippen molar-refractivity contribution >= 4 is 11.6 Å². The summed E-state index contributed by atoms with van der Waals surface area (Å²) in [7, 11) is 10.6. The Hall–Kier alpha value is -3.09. The van der Waals surface area contributed by atoms with Gasteiger partial charge in [-0.2, -0.15) is 0 Å². The maximum atomic E-state index is 5.40. The molecule has 2 aromatic rings. The zero-order chi connectivity index (χ0) is 20.5. The summed E-state index contributed by atoms with van der Waals surface area (Å²) in [5, 5.41) is 6.63. The van der Waals surface area contributed by atoms with Crippen LogP contribution in [0.4, 0.5) is 5.69 Å². The summed E-state index contributed by atoms with van der Waals surface area (Å²) in [6.07, 6.45) is 0. The molecule has 0 aliphatic heterocycles. The molecular weight excluding hydrogens is 356 g/mol. The van der Waals surface area contributed by atoms with E-state index in [-0.39, 0.29) is 0 Å². The molecule has 0 saturated carbocycles. The second kappa shape index (κ2) is 10.3. The quantitative estimate of drug-likeness (QED) is 0.537. The maximum Gasteiger partial charge on any atom is 0.203 e. The fourth-order valence-corrected chi connectivity index (χ4v) is 2.74. The van der Waals surface area contributed by atoms with E-state index in [2.05, 4.69) is 44.8 Å². The molecule has 0 fully saturated rings. The highest BCUT2D eigenvalue weighted by molar-refractivity contribution is 5.79. The molecule has 0 atom stereocenters. The van der Waals surface area contributed by atoms with Crippen LogP contribution in [-0.4, -0.2) is 48.4 Å². The number of anilines is 1. The van der Waals surface area contributed by atoms with Crippen molar-refractivity contribution in [1.82, 2.24) is 10.6 Å². The van der Waals surface area contributed by atoms with Gasteiger partial charge in [0.05, 0.1) is 21.3 Å². The van der Waals surface area contributed by atoms with Crippen LogP contribution in [0.15, 0.2) is 41.4 Å². The Morgan fingerprint density at radius 3 is 1.82 bits per heavy atom. The molecule has 28 heavy (non-hydrogen) atoms. The van der Waals surface area contributed by atoms with E-state index < -0.39 is 0 Å². The number of hydrogen-bond donors (Lipinski definition) is 2. The lowest BCUT2D eigenvalue weighted by atomic mass is 10.1. The van der Waals surface area contributed by atoms with Gasteiger partial charge in [0, 0.05) is 39.9 Å². The van der Waals surface area contributed by atoms with Crippen LogP contribution >= 0.6 is 0 Å². The number of aliphatic imine (C=N–C) groups is 1. The molecule has 2 N–H and O–H groups in total. The molecule has 0 spiro atoms. The second-order valence-electron chi connectivity index (χ2n) is 6.37. The molecule has 0 radical (unpaired) electrons. The molecule has 7 heteroatoms. The molecular formula is C21H30N4O3. The largest absolute Gasteiger partial charge is 0.493 e. The Kier molecular flexibility index (Phi) is 7.80. The average molecular weight is 386 g/mol. The summed E-state index contributed by atoms with van der Waals surface area (Å²) in [5.74, 6) is 2.55. The molecule has 7 nitrogen and oxygen atoms in total. The van der Waals surface area contributed by atoms with Gasteiger partial charge in [0.15, 0.2) is 17.5 Å². The fourth-order valence-electron chi connectivity index (χ4n) is 2.74. The number of hydrogen-bond acceptors (Lipinski definition) is 5. The van der Waals surface area contributed by atoms with Gasteiger partial charge in [0.25, 0.3) is 0 Å². The third-order valence-electron chi connectivity index (χ3n) is 4.32. The predicted octanol–water partition coefficient (Wildman–Crippen LogP) is 2.64. The number of nitrogens with one attached hydrogen (secondary N) is 2. The molecule has 2 rings (SSSR count). The van der Waals surface area contributed by atoms with E-state index in [9.17, 15) is 0 Å². The highest BCUT2D eigenvalue weighted by atomic mass is 16.5. The lowest BCUT2D eigenvalue weighted by Gasteiger charge is -2.16. The Bertz CT molecular complexity index is 764. The molecule has 0 saturated heterocycles. The van der Waals surface area contributed by atoms with Gasteiger partial charge in [-0.05, 0) is 35.4 Å². The van der Waals surface area contributed by atoms with Crippen LogP contribution in [0.1, 0.15) is 11.1 Å². The monoisotopic (exact) mass is 386 g/mol. The van der Waals surface area contributed by atoms with Gasteiger partial charge < -0.3 is 29.7 Å². The standard InChI is InChI=1S/C21H30N4O3/c1-22-21(23-13-15-7-9-17(10-8-15)25(2)3)24-14-16-11-18(26-4)20(28-6)19(12-16)27-5/h7-12H,13-14H2,1-6H3,(H2,22,23,24). The Morgan fingerprint density at radius 1 is 0.857 bits per heavy atom. The molecule has 0 aromatic heterocycles. The minimum atomic E-state index is 0.565. The Labute approximate surface area is 167 Å². The molecule has 0 amide bonds. The van der Waals surface area contributed by atoms with Crippen molar-refractivity contribution < 1.29 is 14.2 Å². The second-order valence-corrected chi connectivity index (χ2v) is 6.37. The van der Waals surface area contributed by atoms with Crippen LogP contribution in [0.3, 0.4) is 0 Å². The lowest BCUT2D eigenvalue weighted by Crippen LogP contribution is -2.36. The van der Waals surface area contributed by atoms with E-state index in [0.29, 0.717) is 36.3 Å².